The highest BCUT2D eigenvalue weighted by Gasteiger charge is 2.01. The van der Waals surface area contributed by atoms with E-state index < -0.39 is 0 Å². The molecule has 112 valence electrons. The van der Waals surface area contributed by atoms with E-state index >= 15 is 0 Å². The summed E-state index contributed by atoms with van der Waals surface area (Å²) in [6.45, 7) is 8.93. The maximum Gasteiger partial charge on any atom is 0.243 e. The average molecular weight is 275 g/mol. The number of nitrogens with zero attached hydrogens (tertiary/aromatic N) is 2. The fraction of sp³-hybridized carbons (Fsp3) is 0.611. The van der Waals surface area contributed by atoms with Crippen molar-refractivity contribution in [3.8, 4) is 0 Å². The Balaban J connectivity index is 2.93. The Morgan fingerprint density at radius 2 is 1.70 bits per heavy atom. The Morgan fingerprint density at radius 1 is 0.950 bits per heavy atom. The number of unbranched alkanes of at least 4 members (excludes halogenated alkanes) is 4. The van der Waals surface area contributed by atoms with Crippen LogP contribution in [-0.2, 0) is 13.1 Å². The zero-order valence-corrected chi connectivity index (χ0v) is 13.5. The summed E-state index contributed by atoms with van der Waals surface area (Å²) in [5.74, 6) is 0. The van der Waals surface area contributed by atoms with E-state index in [9.17, 15) is 0 Å². The van der Waals surface area contributed by atoms with E-state index in [0.717, 1.165) is 13.1 Å². The molecule has 1 aromatic rings. The van der Waals surface area contributed by atoms with Crippen molar-refractivity contribution < 1.29 is 4.57 Å². The standard InChI is InChI=1S/C18H31N2/c1-4-6-10-14-19-15-12-8-9-13-18(3)20(17-19)16-11-7-5-2/h8-9,12-13,15,17H,4-7,10-11,14,16H2,1-3H3/q+1. The highest BCUT2D eigenvalue weighted by Crippen LogP contribution is 2.01. The Labute approximate surface area is 124 Å². The summed E-state index contributed by atoms with van der Waals surface area (Å²) in [5, 5.41) is 0. The normalized spacial score (nSPS) is 10.3. The monoisotopic (exact) mass is 275 g/mol. The maximum absolute atomic E-state index is 2.39. The summed E-state index contributed by atoms with van der Waals surface area (Å²) in [6, 6.07) is 8.56. The minimum Gasteiger partial charge on any atom is -0.241 e. The first-order valence-corrected chi connectivity index (χ1v) is 8.17. The first kappa shape index (κ1) is 16.7. The third-order valence-electron chi connectivity index (χ3n) is 3.60. The van der Waals surface area contributed by atoms with Crippen LogP contribution in [0.4, 0.5) is 0 Å². The predicted octanol–water partition coefficient (Wildman–Crippen LogP) is 4.59. The summed E-state index contributed by atoms with van der Waals surface area (Å²) in [7, 11) is 0. The third-order valence-corrected chi connectivity index (χ3v) is 3.60. The first-order valence-electron chi connectivity index (χ1n) is 8.17. The second-order valence-electron chi connectivity index (χ2n) is 5.50. The zero-order chi connectivity index (χ0) is 14.6. The Kier molecular flexibility index (Phi) is 8.77. The van der Waals surface area contributed by atoms with Crippen LogP contribution >= 0.6 is 0 Å². The number of aryl methyl sites for hydroxylation is 3. The smallest absolute Gasteiger partial charge is 0.241 e. The van der Waals surface area contributed by atoms with Crippen molar-refractivity contribution in [2.75, 3.05) is 0 Å². The molecule has 0 bridgehead atoms. The van der Waals surface area contributed by atoms with Gasteiger partial charge in [0.15, 0.2) is 0 Å². The molecule has 0 aliphatic carbocycles. The van der Waals surface area contributed by atoms with Gasteiger partial charge in [0, 0.05) is 0 Å². The van der Waals surface area contributed by atoms with Gasteiger partial charge in [-0.1, -0.05) is 38.8 Å². The Hall–Kier alpha value is -1.31. The van der Waals surface area contributed by atoms with E-state index in [-0.39, 0.29) is 0 Å². The topological polar surface area (TPSA) is 8.81 Å². The lowest BCUT2D eigenvalue weighted by Crippen LogP contribution is -2.34. The van der Waals surface area contributed by atoms with Crippen molar-refractivity contribution in [3.63, 3.8) is 0 Å². The van der Waals surface area contributed by atoms with Gasteiger partial charge in [0.25, 0.3) is 0 Å². The number of rotatable bonds is 8. The van der Waals surface area contributed by atoms with E-state index in [1.165, 1.54) is 44.2 Å². The maximum atomic E-state index is 2.39. The second kappa shape index (κ2) is 10.5. The van der Waals surface area contributed by atoms with Crippen LogP contribution in [-0.4, -0.2) is 4.57 Å². The molecule has 20 heavy (non-hydrogen) atoms. The van der Waals surface area contributed by atoms with Gasteiger partial charge in [-0.2, -0.15) is 0 Å². The summed E-state index contributed by atoms with van der Waals surface area (Å²) in [4.78, 5) is 0. The molecule has 1 heterocycles. The molecule has 0 spiro atoms. The Bertz CT molecular complexity index is 419. The quantitative estimate of drug-likeness (QED) is 0.485. The molecule has 0 fully saturated rings. The molecular formula is C18H31N2+. The summed E-state index contributed by atoms with van der Waals surface area (Å²) < 4.78 is 4.72. The molecule has 0 aliphatic heterocycles. The molecule has 0 saturated heterocycles. The van der Waals surface area contributed by atoms with Gasteiger partial charge in [0.1, 0.15) is 5.69 Å². The molecule has 2 nitrogen and oxygen atoms in total. The van der Waals surface area contributed by atoms with E-state index in [1.807, 2.05) is 0 Å². The van der Waals surface area contributed by atoms with Crippen LogP contribution in [0.1, 0.15) is 58.1 Å². The van der Waals surface area contributed by atoms with Crippen LogP contribution in [0.5, 0.6) is 0 Å². The van der Waals surface area contributed by atoms with Crippen molar-refractivity contribution in [2.24, 2.45) is 0 Å². The molecule has 0 amide bonds. The minimum atomic E-state index is 1.11. The molecule has 1 rings (SSSR count). The van der Waals surface area contributed by atoms with Crippen LogP contribution < -0.4 is 4.57 Å². The minimum absolute atomic E-state index is 1.11. The van der Waals surface area contributed by atoms with Gasteiger partial charge in [-0.25, -0.2) is 9.13 Å². The van der Waals surface area contributed by atoms with Crippen molar-refractivity contribution in [1.29, 1.82) is 0 Å². The molecule has 0 saturated carbocycles. The third kappa shape index (κ3) is 6.74. The molecule has 2 heteroatoms. The van der Waals surface area contributed by atoms with Crippen molar-refractivity contribution in [3.05, 3.63) is 42.5 Å². The SMILES string of the molecule is CCCCCn1c[n+](CCCCC)cccccc1C. The molecule has 0 aromatic carbocycles. The van der Waals surface area contributed by atoms with Crippen molar-refractivity contribution >= 4 is 0 Å². The highest BCUT2D eigenvalue weighted by molar-refractivity contribution is 4.99. The average Bonchev–Trinajstić information content (AvgIpc) is 2.52. The van der Waals surface area contributed by atoms with Crippen molar-refractivity contribution in [2.45, 2.75) is 72.4 Å². The lowest BCUT2D eigenvalue weighted by Gasteiger charge is -2.04. The van der Waals surface area contributed by atoms with Crippen LogP contribution in [0.25, 0.3) is 0 Å². The van der Waals surface area contributed by atoms with Gasteiger partial charge in [-0.05, 0) is 44.7 Å². The van der Waals surface area contributed by atoms with Gasteiger partial charge >= 0.3 is 0 Å². The van der Waals surface area contributed by atoms with Crippen molar-refractivity contribution in [1.82, 2.24) is 4.57 Å². The van der Waals surface area contributed by atoms with E-state index in [1.54, 1.807) is 0 Å². The highest BCUT2D eigenvalue weighted by atomic mass is 15.1. The zero-order valence-electron chi connectivity index (χ0n) is 13.5. The fourth-order valence-corrected chi connectivity index (χ4v) is 2.27. The van der Waals surface area contributed by atoms with E-state index in [4.69, 9.17) is 0 Å². The number of aromatic nitrogens is 2. The number of hydrogen-bond donors (Lipinski definition) is 0. The molecule has 0 aliphatic rings. The van der Waals surface area contributed by atoms with E-state index in [0.29, 0.717) is 0 Å². The molecular weight excluding hydrogens is 244 g/mol. The van der Waals surface area contributed by atoms with Crippen LogP contribution in [0.3, 0.4) is 0 Å². The van der Waals surface area contributed by atoms with Gasteiger partial charge in [0.05, 0.1) is 19.3 Å². The molecule has 0 N–H and O–H groups in total. The van der Waals surface area contributed by atoms with Crippen LogP contribution in [0.2, 0.25) is 0 Å². The molecule has 0 unspecified atom stereocenters. The predicted molar refractivity (Wildman–Crippen MR) is 86.0 cm³/mol. The second-order valence-corrected chi connectivity index (χ2v) is 5.50. The lowest BCUT2D eigenvalue weighted by atomic mass is 10.2. The fourth-order valence-electron chi connectivity index (χ4n) is 2.27. The first-order chi connectivity index (χ1) is 9.77. The molecule has 0 atom stereocenters. The van der Waals surface area contributed by atoms with Gasteiger partial charge < -0.3 is 0 Å². The van der Waals surface area contributed by atoms with Gasteiger partial charge in [-0.3, -0.25) is 0 Å². The van der Waals surface area contributed by atoms with E-state index in [2.05, 4.69) is 66.7 Å². The molecule has 1 aromatic heterocycles. The summed E-state index contributed by atoms with van der Waals surface area (Å²) in [6.07, 6.45) is 12.1. The van der Waals surface area contributed by atoms with Crippen LogP contribution in [0, 0.1) is 6.92 Å². The lowest BCUT2D eigenvalue weighted by molar-refractivity contribution is -0.700. The van der Waals surface area contributed by atoms with Crippen LogP contribution in [0.15, 0.2) is 36.8 Å². The summed E-state index contributed by atoms with van der Waals surface area (Å²) in [5.41, 5.74) is 1.32. The summed E-state index contributed by atoms with van der Waals surface area (Å²) >= 11 is 0. The van der Waals surface area contributed by atoms with Gasteiger partial charge in [0.2, 0.25) is 6.33 Å². The number of hydrogen-bond acceptors (Lipinski definition) is 0. The largest absolute Gasteiger partial charge is 0.243 e. The Morgan fingerprint density at radius 3 is 2.45 bits per heavy atom. The molecule has 0 radical (unpaired) electrons. The van der Waals surface area contributed by atoms with Gasteiger partial charge in [-0.15, -0.1) is 0 Å².